The zero-order valence-corrected chi connectivity index (χ0v) is 8.31. The van der Waals surface area contributed by atoms with E-state index in [2.05, 4.69) is 9.73 Å². The van der Waals surface area contributed by atoms with Gasteiger partial charge in [-0.3, -0.25) is 0 Å². The first-order valence-corrected chi connectivity index (χ1v) is 4.07. The van der Waals surface area contributed by atoms with Crippen LogP contribution in [-0.4, -0.2) is 26.3 Å². The van der Waals surface area contributed by atoms with Gasteiger partial charge in [0.25, 0.3) is 0 Å². The first-order valence-electron chi connectivity index (χ1n) is 4.07. The van der Waals surface area contributed by atoms with Crippen LogP contribution in [0.2, 0.25) is 0 Å². The van der Waals surface area contributed by atoms with Gasteiger partial charge in [-0.1, -0.05) is 0 Å². The van der Waals surface area contributed by atoms with Crippen LogP contribution in [0.4, 0.5) is 5.69 Å². The molecule has 0 aliphatic heterocycles. The van der Waals surface area contributed by atoms with Crippen LogP contribution >= 0.6 is 0 Å². The van der Waals surface area contributed by atoms with Crippen LogP contribution in [0, 0.1) is 0 Å². The zero-order valence-electron chi connectivity index (χ0n) is 8.31. The summed E-state index contributed by atoms with van der Waals surface area (Å²) < 4.78 is 9.47. The van der Waals surface area contributed by atoms with E-state index < -0.39 is 5.97 Å². The third-order valence-electron chi connectivity index (χ3n) is 1.78. The van der Waals surface area contributed by atoms with Gasteiger partial charge in [0.05, 0.1) is 25.5 Å². The molecule has 5 nitrogen and oxygen atoms in total. The molecule has 0 aliphatic rings. The average molecular weight is 207 g/mol. The average Bonchev–Trinajstić information content (AvgIpc) is 2.29. The van der Waals surface area contributed by atoms with E-state index in [-0.39, 0.29) is 11.3 Å². The predicted octanol–water partition coefficient (Wildman–Crippen LogP) is 1.45. The van der Waals surface area contributed by atoms with Gasteiger partial charge in [0.2, 0.25) is 6.08 Å². The summed E-state index contributed by atoms with van der Waals surface area (Å²) >= 11 is 0. The van der Waals surface area contributed by atoms with Crippen LogP contribution in [0.3, 0.4) is 0 Å². The quantitative estimate of drug-likeness (QED) is 0.427. The lowest BCUT2D eigenvalue weighted by Crippen LogP contribution is -2.01. The molecule has 0 bridgehead atoms. The lowest BCUT2D eigenvalue weighted by Gasteiger charge is -2.05. The van der Waals surface area contributed by atoms with E-state index in [0.717, 1.165) is 0 Å². The Morgan fingerprint density at radius 1 is 1.40 bits per heavy atom. The van der Waals surface area contributed by atoms with Gasteiger partial charge in [-0.2, -0.15) is 4.99 Å². The van der Waals surface area contributed by atoms with Crippen molar-refractivity contribution in [2.24, 2.45) is 4.99 Å². The highest BCUT2D eigenvalue weighted by Gasteiger charge is 2.12. The molecule has 0 saturated carbocycles. The molecule has 0 aromatic heterocycles. The maximum absolute atomic E-state index is 11.3. The second-order valence-corrected chi connectivity index (χ2v) is 2.58. The first-order chi connectivity index (χ1) is 7.22. The Kier molecular flexibility index (Phi) is 3.60. The lowest BCUT2D eigenvalue weighted by molar-refractivity contribution is 0.0601. The summed E-state index contributed by atoms with van der Waals surface area (Å²) in [7, 11) is 2.72. The fraction of sp³-hybridized carbons (Fsp3) is 0.200. The molecule has 1 aromatic carbocycles. The van der Waals surface area contributed by atoms with Crippen molar-refractivity contribution in [1.29, 1.82) is 0 Å². The van der Waals surface area contributed by atoms with E-state index in [1.807, 2.05) is 0 Å². The number of carbonyl (C=O) groups is 1. The number of rotatable bonds is 3. The van der Waals surface area contributed by atoms with E-state index in [0.29, 0.717) is 5.75 Å². The number of aliphatic imine (C=N–C) groups is 1. The minimum atomic E-state index is -0.581. The highest BCUT2D eigenvalue weighted by molar-refractivity contribution is 5.95. The minimum Gasteiger partial charge on any atom is -0.497 e. The molecule has 0 spiro atoms. The molecule has 1 aromatic rings. The minimum absolute atomic E-state index is 0.167. The van der Waals surface area contributed by atoms with Crippen LogP contribution in [-0.2, 0) is 9.53 Å². The van der Waals surface area contributed by atoms with E-state index in [9.17, 15) is 9.59 Å². The summed E-state index contributed by atoms with van der Waals surface area (Å²) in [6.07, 6.45) is 1.37. The van der Waals surface area contributed by atoms with Crippen molar-refractivity contribution in [3.05, 3.63) is 23.8 Å². The van der Waals surface area contributed by atoms with Gasteiger partial charge in [0, 0.05) is 0 Å². The molecule has 5 heteroatoms. The zero-order chi connectivity index (χ0) is 11.3. The van der Waals surface area contributed by atoms with Crippen molar-refractivity contribution in [2.75, 3.05) is 14.2 Å². The van der Waals surface area contributed by atoms with Gasteiger partial charge >= 0.3 is 5.97 Å². The fourth-order valence-corrected chi connectivity index (χ4v) is 1.06. The molecular weight excluding hydrogens is 198 g/mol. The van der Waals surface area contributed by atoms with Gasteiger partial charge in [-0.05, 0) is 18.2 Å². The largest absolute Gasteiger partial charge is 0.497 e. The molecule has 0 unspecified atom stereocenters. The highest BCUT2D eigenvalue weighted by Crippen LogP contribution is 2.24. The maximum Gasteiger partial charge on any atom is 0.340 e. The van der Waals surface area contributed by atoms with Crippen LogP contribution in [0.1, 0.15) is 10.4 Å². The topological polar surface area (TPSA) is 65.0 Å². The predicted molar refractivity (Wildman–Crippen MR) is 52.1 cm³/mol. The van der Waals surface area contributed by atoms with Gasteiger partial charge < -0.3 is 9.47 Å². The second kappa shape index (κ2) is 4.93. The van der Waals surface area contributed by atoms with E-state index >= 15 is 0 Å². The van der Waals surface area contributed by atoms with Gasteiger partial charge in [0.1, 0.15) is 5.75 Å². The van der Waals surface area contributed by atoms with Crippen molar-refractivity contribution in [3.8, 4) is 5.75 Å². The molecule has 0 heterocycles. The number of hydrogen-bond donors (Lipinski definition) is 0. The fourth-order valence-electron chi connectivity index (χ4n) is 1.06. The normalized spacial score (nSPS) is 8.93. The molecule has 0 atom stereocenters. The van der Waals surface area contributed by atoms with Gasteiger partial charge in [-0.25, -0.2) is 9.59 Å². The van der Waals surface area contributed by atoms with Crippen molar-refractivity contribution >= 4 is 17.7 Å². The summed E-state index contributed by atoms with van der Waals surface area (Å²) in [6, 6.07) is 4.51. The Bertz CT molecular complexity index is 421. The molecule has 0 amide bonds. The highest BCUT2D eigenvalue weighted by atomic mass is 16.5. The number of methoxy groups -OCH3 is 2. The summed E-state index contributed by atoms with van der Waals surface area (Å²) in [5.41, 5.74) is 0.373. The van der Waals surface area contributed by atoms with Crippen molar-refractivity contribution < 1.29 is 19.1 Å². The number of esters is 1. The molecule has 78 valence electrons. The summed E-state index contributed by atoms with van der Waals surface area (Å²) in [4.78, 5) is 24.8. The van der Waals surface area contributed by atoms with Crippen LogP contribution < -0.4 is 4.74 Å². The Morgan fingerprint density at radius 2 is 2.13 bits per heavy atom. The van der Waals surface area contributed by atoms with Crippen LogP contribution in [0.5, 0.6) is 5.75 Å². The molecule has 0 saturated heterocycles. The molecule has 0 fully saturated rings. The molecule has 1 rings (SSSR count). The second-order valence-electron chi connectivity index (χ2n) is 2.58. The lowest BCUT2D eigenvalue weighted by atomic mass is 10.1. The van der Waals surface area contributed by atoms with Crippen molar-refractivity contribution in [2.45, 2.75) is 0 Å². The van der Waals surface area contributed by atoms with Crippen LogP contribution in [0.15, 0.2) is 23.2 Å². The van der Waals surface area contributed by atoms with E-state index in [1.165, 1.54) is 32.4 Å². The maximum atomic E-state index is 11.3. The van der Waals surface area contributed by atoms with Gasteiger partial charge in [-0.15, -0.1) is 0 Å². The smallest absolute Gasteiger partial charge is 0.340 e. The third-order valence-corrected chi connectivity index (χ3v) is 1.78. The SMILES string of the molecule is COC(=O)c1cc(OC)ccc1N=C=O. The number of ether oxygens (including phenoxy) is 2. The number of carbonyl (C=O) groups excluding carboxylic acids is 2. The Balaban J connectivity index is 3.27. The molecule has 0 radical (unpaired) electrons. The molecule has 0 N–H and O–H groups in total. The number of isocyanates is 1. The Hall–Kier alpha value is -2.13. The molecule has 15 heavy (non-hydrogen) atoms. The Labute approximate surface area is 86.3 Å². The molecule has 0 aliphatic carbocycles. The number of hydrogen-bond acceptors (Lipinski definition) is 5. The standard InChI is InChI=1S/C10H9NO4/c1-14-7-3-4-9(11-6-12)8(5-7)10(13)15-2/h3-5H,1-2H3. The number of nitrogens with zero attached hydrogens (tertiary/aromatic N) is 1. The summed E-state index contributed by atoms with van der Waals surface area (Å²) in [5, 5.41) is 0. The first kappa shape index (κ1) is 10.9. The summed E-state index contributed by atoms with van der Waals surface area (Å²) in [5.74, 6) is -0.0943. The monoisotopic (exact) mass is 207 g/mol. The van der Waals surface area contributed by atoms with E-state index in [4.69, 9.17) is 4.74 Å². The van der Waals surface area contributed by atoms with Crippen LogP contribution in [0.25, 0.3) is 0 Å². The number of benzene rings is 1. The third kappa shape index (κ3) is 2.42. The Morgan fingerprint density at radius 3 is 2.67 bits per heavy atom. The van der Waals surface area contributed by atoms with E-state index in [1.54, 1.807) is 6.07 Å². The summed E-state index contributed by atoms with van der Waals surface area (Å²) in [6.45, 7) is 0. The van der Waals surface area contributed by atoms with Crippen molar-refractivity contribution in [1.82, 2.24) is 0 Å². The van der Waals surface area contributed by atoms with Crippen molar-refractivity contribution in [3.63, 3.8) is 0 Å². The molecular formula is C10H9NO4. The van der Waals surface area contributed by atoms with Gasteiger partial charge in [0.15, 0.2) is 0 Å².